The summed E-state index contributed by atoms with van der Waals surface area (Å²) >= 11 is 0. The number of aliphatic hydroxyl groups excluding tert-OH is 2. The van der Waals surface area contributed by atoms with Gasteiger partial charge in [0.15, 0.2) is 0 Å². The van der Waals surface area contributed by atoms with Crippen molar-refractivity contribution in [3.05, 3.63) is 10.4 Å². The predicted molar refractivity (Wildman–Crippen MR) is 85.1 cm³/mol. The summed E-state index contributed by atoms with van der Waals surface area (Å²) in [5.74, 6) is -0.635. The first-order valence-electron chi connectivity index (χ1n) is 7.55. The lowest BCUT2D eigenvalue weighted by Crippen LogP contribution is -2.44. The number of azide groups is 1. The summed E-state index contributed by atoms with van der Waals surface area (Å²) in [5.41, 5.74) is 7.76. The summed E-state index contributed by atoms with van der Waals surface area (Å²) in [6, 6.07) is -1.75. The van der Waals surface area contributed by atoms with Crippen molar-refractivity contribution in [3.63, 3.8) is 0 Å². The highest BCUT2D eigenvalue weighted by Gasteiger charge is 2.25. The maximum atomic E-state index is 11.8. The van der Waals surface area contributed by atoms with Crippen LogP contribution in [-0.4, -0.2) is 59.8 Å². The first-order chi connectivity index (χ1) is 11.1. The molecule has 3 atom stereocenters. The van der Waals surface area contributed by atoms with Gasteiger partial charge in [-0.05, 0) is 39.1 Å². The Morgan fingerprint density at radius 1 is 1.33 bits per heavy atom. The largest absolute Gasteiger partial charge is 0.467 e. The smallest absolute Gasteiger partial charge is 0.408 e. The van der Waals surface area contributed by atoms with Crippen LogP contribution in [0.2, 0.25) is 0 Å². The molecule has 0 saturated heterocycles. The Kier molecular flexibility index (Phi) is 9.79. The second-order valence-corrected chi connectivity index (χ2v) is 6.18. The van der Waals surface area contributed by atoms with Crippen molar-refractivity contribution in [2.24, 2.45) is 5.11 Å². The molecule has 0 rings (SSSR count). The third-order valence-electron chi connectivity index (χ3n) is 3.00. The molecule has 10 heteroatoms. The normalized spacial score (nSPS) is 14.8. The van der Waals surface area contributed by atoms with Crippen LogP contribution >= 0.6 is 0 Å². The van der Waals surface area contributed by atoms with Crippen LogP contribution in [0.4, 0.5) is 4.79 Å². The van der Waals surface area contributed by atoms with Crippen LogP contribution < -0.4 is 5.32 Å². The highest BCUT2D eigenvalue weighted by molar-refractivity contribution is 5.81. The van der Waals surface area contributed by atoms with E-state index in [2.05, 4.69) is 20.1 Å². The third kappa shape index (κ3) is 9.19. The SMILES string of the molecule is COC(=O)[C@H](CCC[C@@H](N=[N+]=[N-])[C@@H](O)CO)NC(=O)OC(C)(C)C. The summed E-state index contributed by atoms with van der Waals surface area (Å²) in [4.78, 5) is 26.1. The summed E-state index contributed by atoms with van der Waals surface area (Å²) in [5, 5.41) is 24.3. The minimum absolute atomic E-state index is 0.196. The second-order valence-electron chi connectivity index (χ2n) is 6.18. The summed E-state index contributed by atoms with van der Waals surface area (Å²) in [7, 11) is 1.20. The minimum Gasteiger partial charge on any atom is -0.467 e. The van der Waals surface area contributed by atoms with Gasteiger partial charge in [0, 0.05) is 4.91 Å². The summed E-state index contributed by atoms with van der Waals surface area (Å²) in [6.45, 7) is 4.54. The van der Waals surface area contributed by atoms with E-state index in [1.54, 1.807) is 20.8 Å². The van der Waals surface area contributed by atoms with Crippen LogP contribution in [0.25, 0.3) is 10.4 Å². The summed E-state index contributed by atoms with van der Waals surface area (Å²) in [6.07, 6.45) is -1.16. The van der Waals surface area contributed by atoms with Crippen molar-refractivity contribution in [2.75, 3.05) is 13.7 Å². The molecule has 1 amide bonds. The van der Waals surface area contributed by atoms with Crippen LogP contribution in [0.5, 0.6) is 0 Å². The molecular weight excluding hydrogens is 320 g/mol. The first-order valence-corrected chi connectivity index (χ1v) is 7.55. The van der Waals surface area contributed by atoms with Gasteiger partial charge in [-0.15, -0.1) is 0 Å². The number of nitrogens with one attached hydrogen (secondary N) is 1. The van der Waals surface area contributed by atoms with Gasteiger partial charge in [-0.1, -0.05) is 11.5 Å². The number of alkyl carbamates (subject to hydrolysis) is 1. The molecule has 0 spiro atoms. The highest BCUT2D eigenvalue weighted by Crippen LogP contribution is 2.13. The fourth-order valence-corrected chi connectivity index (χ4v) is 1.89. The van der Waals surface area contributed by atoms with Crippen molar-refractivity contribution in [1.82, 2.24) is 5.32 Å². The molecule has 0 aliphatic rings. The lowest BCUT2D eigenvalue weighted by atomic mass is 10.0. The number of aliphatic hydroxyl groups is 2. The lowest BCUT2D eigenvalue weighted by molar-refractivity contribution is -0.143. The van der Waals surface area contributed by atoms with Crippen molar-refractivity contribution in [3.8, 4) is 0 Å². The highest BCUT2D eigenvalue weighted by atomic mass is 16.6. The number of rotatable bonds is 9. The van der Waals surface area contributed by atoms with Gasteiger partial charge in [0.1, 0.15) is 11.6 Å². The van der Waals surface area contributed by atoms with E-state index < -0.39 is 42.5 Å². The Morgan fingerprint density at radius 3 is 2.42 bits per heavy atom. The lowest BCUT2D eigenvalue weighted by Gasteiger charge is -2.23. The van der Waals surface area contributed by atoms with Crippen molar-refractivity contribution >= 4 is 12.1 Å². The second kappa shape index (κ2) is 10.7. The van der Waals surface area contributed by atoms with Crippen LogP contribution in [0.3, 0.4) is 0 Å². The van der Waals surface area contributed by atoms with Gasteiger partial charge in [-0.2, -0.15) is 0 Å². The van der Waals surface area contributed by atoms with E-state index >= 15 is 0 Å². The van der Waals surface area contributed by atoms with Gasteiger partial charge in [0.25, 0.3) is 0 Å². The molecule has 0 aromatic rings. The Balaban J connectivity index is 4.66. The fraction of sp³-hybridized carbons (Fsp3) is 0.857. The zero-order valence-corrected chi connectivity index (χ0v) is 14.4. The van der Waals surface area contributed by atoms with Crippen molar-refractivity contribution < 1.29 is 29.3 Å². The number of carbonyl (C=O) groups is 2. The molecule has 0 heterocycles. The van der Waals surface area contributed by atoms with Gasteiger partial charge >= 0.3 is 12.1 Å². The number of carbonyl (C=O) groups excluding carboxylic acids is 2. The van der Waals surface area contributed by atoms with Gasteiger partial charge in [0.05, 0.1) is 25.9 Å². The average Bonchev–Trinajstić information content (AvgIpc) is 2.49. The third-order valence-corrected chi connectivity index (χ3v) is 3.00. The maximum absolute atomic E-state index is 11.8. The molecule has 0 fully saturated rings. The zero-order valence-electron chi connectivity index (χ0n) is 14.4. The average molecular weight is 346 g/mol. The zero-order chi connectivity index (χ0) is 18.8. The molecule has 0 bridgehead atoms. The number of ether oxygens (including phenoxy) is 2. The molecule has 0 aromatic heterocycles. The molecule has 3 N–H and O–H groups in total. The first kappa shape index (κ1) is 22.0. The van der Waals surface area contributed by atoms with Crippen LogP contribution in [-0.2, 0) is 14.3 Å². The summed E-state index contributed by atoms with van der Waals surface area (Å²) < 4.78 is 9.72. The quantitative estimate of drug-likeness (QED) is 0.247. The molecule has 24 heavy (non-hydrogen) atoms. The Morgan fingerprint density at radius 2 is 1.96 bits per heavy atom. The Hall–Kier alpha value is -2.03. The van der Waals surface area contributed by atoms with Crippen LogP contribution in [0.15, 0.2) is 5.11 Å². The van der Waals surface area contributed by atoms with E-state index in [-0.39, 0.29) is 12.8 Å². The molecule has 10 nitrogen and oxygen atoms in total. The van der Waals surface area contributed by atoms with Gasteiger partial charge < -0.3 is 25.0 Å². The van der Waals surface area contributed by atoms with Gasteiger partial charge in [-0.3, -0.25) is 0 Å². The van der Waals surface area contributed by atoms with Crippen LogP contribution in [0, 0.1) is 0 Å². The molecule has 0 unspecified atom stereocenters. The van der Waals surface area contributed by atoms with Gasteiger partial charge in [0.2, 0.25) is 0 Å². The van der Waals surface area contributed by atoms with Gasteiger partial charge in [-0.25, -0.2) is 9.59 Å². The monoisotopic (exact) mass is 346 g/mol. The number of nitrogens with zero attached hydrogens (tertiary/aromatic N) is 3. The molecule has 0 aliphatic carbocycles. The molecule has 0 saturated carbocycles. The fourth-order valence-electron chi connectivity index (χ4n) is 1.89. The van der Waals surface area contributed by atoms with E-state index in [0.717, 1.165) is 0 Å². The molecule has 0 aliphatic heterocycles. The topological polar surface area (TPSA) is 154 Å². The van der Waals surface area contributed by atoms with E-state index in [0.29, 0.717) is 6.42 Å². The molecule has 0 aromatic carbocycles. The van der Waals surface area contributed by atoms with Crippen molar-refractivity contribution in [1.29, 1.82) is 0 Å². The molecule has 0 radical (unpaired) electrons. The Labute approximate surface area is 140 Å². The molecular formula is C14H26N4O6. The Bertz CT molecular complexity index is 459. The number of esters is 1. The maximum Gasteiger partial charge on any atom is 0.408 e. The van der Waals surface area contributed by atoms with E-state index in [4.69, 9.17) is 15.4 Å². The standard InChI is InChI=1S/C14H26N4O6/c1-14(2,3)24-13(22)16-10(12(21)23-4)7-5-6-9(17-18-15)11(20)8-19/h9-11,19-20H,5-8H2,1-4H3,(H,16,22)/t9-,10+,11+/m1/s1. The minimum atomic E-state index is -1.18. The van der Waals surface area contributed by atoms with Crippen LogP contribution in [0.1, 0.15) is 40.0 Å². The number of hydrogen-bond acceptors (Lipinski definition) is 7. The van der Waals surface area contributed by atoms with E-state index in [1.807, 2.05) is 0 Å². The van der Waals surface area contributed by atoms with E-state index in [1.165, 1.54) is 7.11 Å². The van der Waals surface area contributed by atoms with Crippen molar-refractivity contribution in [2.45, 2.75) is 63.8 Å². The molecule has 138 valence electrons. The number of amides is 1. The number of hydrogen-bond donors (Lipinski definition) is 3. The number of methoxy groups -OCH3 is 1. The predicted octanol–water partition coefficient (Wildman–Crippen LogP) is 1.26. The van der Waals surface area contributed by atoms with E-state index in [9.17, 15) is 14.7 Å².